The SMILES string of the molecule is CCCNCc1c(C)nn(C2CCCC2O)c1C. The first kappa shape index (κ1) is 13.6. The summed E-state index contributed by atoms with van der Waals surface area (Å²) >= 11 is 0. The van der Waals surface area contributed by atoms with Gasteiger partial charge in [0.05, 0.1) is 17.8 Å². The predicted molar refractivity (Wildman–Crippen MR) is 72.6 cm³/mol. The molecule has 0 aliphatic heterocycles. The number of hydrogen-bond donors (Lipinski definition) is 2. The van der Waals surface area contributed by atoms with Crippen molar-refractivity contribution >= 4 is 0 Å². The lowest BCUT2D eigenvalue weighted by molar-refractivity contribution is 0.129. The molecule has 1 aromatic heterocycles. The fourth-order valence-electron chi connectivity index (χ4n) is 2.87. The van der Waals surface area contributed by atoms with Gasteiger partial charge in [-0.1, -0.05) is 6.92 Å². The molecule has 1 aliphatic carbocycles. The number of aliphatic hydroxyl groups excluding tert-OH is 1. The second kappa shape index (κ2) is 5.85. The highest BCUT2D eigenvalue weighted by Crippen LogP contribution is 2.31. The summed E-state index contributed by atoms with van der Waals surface area (Å²) in [5, 5.41) is 18.1. The van der Waals surface area contributed by atoms with Crippen molar-refractivity contribution in [1.82, 2.24) is 15.1 Å². The molecule has 1 saturated carbocycles. The van der Waals surface area contributed by atoms with Gasteiger partial charge in [0, 0.05) is 17.8 Å². The van der Waals surface area contributed by atoms with Gasteiger partial charge < -0.3 is 10.4 Å². The highest BCUT2D eigenvalue weighted by Gasteiger charge is 2.29. The van der Waals surface area contributed by atoms with Crippen LogP contribution in [0, 0.1) is 13.8 Å². The molecular formula is C14H25N3O. The summed E-state index contributed by atoms with van der Waals surface area (Å²) in [5.41, 5.74) is 3.60. The highest BCUT2D eigenvalue weighted by atomic mass is 16.3. The van der Waals surface area contributed by atoms with Crippen molar-refractivity contribution in [3.63, 3.8) is 0 Å². The zero-order chi connectivity index (χ0) is 13.1. The van der Waals surface area contributed by atoms with Crippen molar-refractivity contribution in [2.24, 2.45) is 0 Å². The number of nitrogens with one attached hydrogen (secondary N) is 1. The average Bonchev–Trinajstić information content (AvgIpc) is 2.87. The third-order valence-corrected chi connectivity index (χ3v) is 3.96. The predicted octanol–water partition coefficient (Wildman–Crippen LogP) is 2.09. The summed E-state index contributed by atoms with van der Waals surface area (Å²) in [5.74, 6) is 0. The van der Waals surface area contributed by atoms with Crippen LogP contribution in [0.2, 0.25) is 0 Å². The van der Waals surface area contributed by atoms with Gasteiger partial charge in [-0.25, -0.2) is 0 Å². The largest absolute Gasteiger partial charge is 0.391 e. The zero-order valence-electron chi connectivity index (χ0n) is 11.7. The molecule has 1 heterocycles. The fraction of sp³-hybridized carbons (Fsp3) is 0.786. The molecule has 102 valence electrons. The molecule has 4 heteroatoms. The molecule has 0 saturated heterocycles. The van der Waals surface area contributed by atoms with Crippen molar-refractivity contribution in [2.75, 3.05) is 6.54 Å². The zero-order valence-corrected chi connectivity index (χ0v) is 11.7. The molecule has 0 bridgehead atoms. The molecule has 2 N–H and O–H groups in total. The van der Waals surface area contributed by atoms with Gasteiger partial charge >= 0.3 is 0 Å². The van der Waals surface area contributed by atoms with Gasteiger partial charge in [-0.15, -0.1) is 0 Å². The maximum Gasteiger partial charge on any atom is 0.0781 e. The van der Waals surface area contributed by atoms with Crippen LogP contribution < -0.4 is 5.32 Å². The third kappa shape index (κ3) is 2.59. The van der Waals surface area contributed by atoms with Crippen molar-refractivity contribution in [1.29, 1.82) is 0 Å². The summed E-state index contributed by atoms with van der Waals surface area (Å²) in [4.78, 5) is 0. The van der Waals surface area contributed by atoms with Gasteiger partial charge in [-0.2, -0.15) is 5.10 Å². The van der Waals surface area contributed by atoms with Crippen LogP contribution in [0.4, 0.5) is 0 Å². The smallest absolute Gasteiger partial charge is 0.0781 e. The lowest BCUT2D eigenvalue weighted by atomic mass is 10.1. The van der Waals surface area contributed by atoms with Gasteiger partial charge in [0.2, 0.25) is 0 Å². The lowest BCUT2D eigenvalue weighted by Gasteiger charge is -2.17. The number of aromatic nitrogens is 2. The van der Waals surface area contributed by atoms with E-state index in [1.807, 2.05) is 0 Å². The Bertz CT molecular complexity index is 400. The second-order valence-electron chi connectivity index (χ2n) is 5.34. The lowest BCUT2D eigenvalue weighted by Crippen LogP contribution is -2.21. The van der Waals surface area contributed by atoms with Crippen LogP contribution in [0.15, 0.2) is 0 Å². The van der Waals surface area contributed by atoms with E-state index in [1.54, 1.807) is 0 Å². The van der Waals surface area contributed by atoms with Crippen LogP contribution in [0.1, 0.15) is 55.6 Å². The maximum absolute atomic E-state index is 10.0. The van der Waals surface area contributed by atoms with Crippen LogP contribution in [0.25, 0.3) is 0 Å². The molecule has 0 amide bonds. The number of aryl methyl sites for hydroxylation is 1. The molecule has 0 radical (unpaired) electrons. The average molecular weight is 251 g/mol. The number of rotatable bonds is 5. The van der Waals surface area contributed by atoms with Crippen LogP contribution >= 0.6 is 0 Å². The minimum atomic E-state index is -0.223. The summed E-state index contributed by atoms with van der Waals surface area (Å²) in [6.45, 7) is 8.28. The third-order valence-electron chi connectivity index (χ3n) is 3.96. The second-order valence-corrected chi connectivity index (χ2v) is 5.34. The van der Waals surface area contributed by atoms with Gasteiger partial charge in [-0.05, 0) is 46.1 Å². The fourth-order valence-corrected chi connectivity index (χ4v) is 2.87. The first-order chi connectivity index (χ1) is 8.65. The van der Waals surface area contributed by atoms with E-state index in [9.17, 15) is 5.11 Å². The molecule has 0 spiro atoms. The van der Waals surface area contributed by atoms with Crippen molar-refractivity contribution in [3.05, 3.63) is 17.0 Å². The summed E-state index contributed by atoms with van der Waals surface area (Å²) in [6.07, 6.45) is 3.98. The molecule has 1 fully saturated rings. The van der Waals surface area contributed by atoms with E-state index < -0.39 is 0 Å². The highest BCUT2D eigenvalue weighted by molar-refractivity contribution is 5.25. The Balaban J connectivity index is 2.15. The van der Waals surface area contributed by atoms with Crippen LogP contribution in [-0.4, -0.2) is 27.5 Å². The Morgan fingerprint density at radius 1 is 1.39 bits per heavy atom. The molecular weight excluding hydrogens is 226 g/mol. The maximum atomic E-state index is 10.0. The van der Waals surface area contributed by atoms with Crippen molar-refractivity contribution in [2.45, 2.75) is 65.1 Å². The van der Waals surface area contributed by atoms with Gasteiger partial charge in [-0.3, -0.25) is 4.68 Å². The molecule has 1 aromatic rings. The Labute approximate surface area is 109 Å². The van der Waals surface area contributed by atoms with Gasteiger partial charge in [0.15, 0.2) is 0 Å². The summed E-state index contributed by atoms with van der Waals surface area (Å²) in [6, 6.07) is 0.184. The molecule has 0 aromatic carbocycles. The number of nitrogens with zero attached hydrogens (tertiary/aromatic N) is 2. The van der Waals surface area contributed by atoms with Gasteiger partial charge in [0.1, 0.15) is 0 Å². The summed E-state index contributed by atoms with van der Waals surface area (Å²) in [7, 11) is 0. The van der Waals surface area contributed by atoms with Crippen molar-refractivity contribution < 1.29 is 5.11 Å². The Kier molecular flexibility index (Phi) is 4.40. The van der Waals surface area contributed by atoms with E-state index in [-0.39, 0.29) is 12.1 Å². The molecule has 1 aliphatic rings. The minimum absolute atomic E-state index is 0.184. The first-order valence-electron chi connectivity index (χ1n) is 7.08. The summed E-state index contributed by atoms with van der Waals surface area (Å²) < 4.78 is 2.05. The van der Waals surface area contributed by atoms with Crippen LogP contribution in [0.3, 0.4) is 0 Å². The minimum Gasteiger partial charge on any atom is -0.391 e. The molecule has 4 nitrogen and oxygen atoms in total. The molecule has 2 atom stereocenters. The van der Waals surface area contributed by atoms with E-state index in [0.717, 1.165) is 44.5 Å². The van der Waals surface area contributed by atoms with Crippen LogP contribution in [-0.2, 0) is 6.54 Å². The monoisotopic (exact) mass is 251 g/mol. The Hall–Kier alpha value is -0.870. The van der Waals surface area contributed by atoms with E-state index in [2.05, 4.69) is 35.9 Å². The first-order valence-corrected chi connectivity index (χ1v) is 7.08. The Morgan fingerprint density at radius 2 is 2.17 bits per heavy atom. The standard InChI is InChI=1S/C14H25N3O/c1-4-8-15-9-12-10(2)16-17(11(12)3)13-6-5-7-14(13)18/h13-15,18H,4-9H2,1-3H3. The molecule has 2 rings (SSSR count). The van der Waals surface area contributed by atoms with E-state index in [4.69, 9.17) is 0 Å². The topological polar surface area (TPSA) is 50.1 Å². The Morgan fingerprint density at radius 3 is 2.78 bits per heavy atom. The number of hydrogen-bond acceptors (Lipinski definition) is 3. The van der Waals surface area contributed by atoms with Crippen LogP contribution in [0.5, 0.6) is 0 Å². The number of aliphatic hydroxyl groups is 1. The van der Waals surface area contributed by atoms with Gasteiger partial charge in [0.25, 0.3) is 0 Å². The van der Waals surface area contributed by atoms with E-state index in [1.165, 1.54) is 11.3 Å². The van der Waals surface area contributed by atoms with Crippen molar-refractivity contribution in [3.8, 4) is 0 Å². The normalized spacial score (nSPS) is 23.8. The molecule has 2 unspecified atom stereocenters. The van der Waals surface area contributed by atoms with E-state index in [0.29, 0.717) is 0 Å². The van der Waals surface area contributed by atoms with E-state index >= 15 is 0 Å². The quantitative estimate of drug-likeness (QED) is 0.788. The molecule has 18 heavy (non-hydrogen) atoms.